The number of nitrogens with zero attached hydrogens (tertiary/aromatic N) is 2. The van der Waals surface area contributed by atoms with Crippen molar-refractivity contribution in [2.45, 2.75) is 13.1 Å². The molecule has 0 bridgehead atoms. The van der Waals surface area contributed by atoms with E-state index in [2.05, 4.69) is 5.32 Å². The van der Waals surface area contributed by atoms with Gasteiger partial charge in [-0.15, -0.1) is 0 Å². The molecule has 18 heavy (non-hydrogen) atoms. The van der Waals surface area contributed by atoms with Crippen LogP contribution >= 0.6 is 0 Å². The van der Waals surface area contributed by atoms with E-state index in [4.69, 9.17) is 4.42 Å². The van der Waals surface area contributed by atoms with Crippen LogP contribution in [0, 0.1) is 0 Å². The summed E-state index contributed by atoms with van der Waals surface area (Å²) in [6, 6.07) is 3.32. The molecule has 2 aromatic rings. The summed E-state index contributed by atoms with van der Waals surface area (Å²) in [7, 11) is 3.12. The van der Waals surface area contributed by atoms with Crippen molar-refractivity contribution in [1.82, 2.24) is 14.5 Å². The maximum Gasteiger partial charge on any atom is 0.330 e. The Balaban J connectivity index is 2.10. The first-order valence-electron chi connectivity index (χ1n) is 5.57. The summed E-state index contributed by atoms with van der Waals surface area (Å²) in [5, 5.41) is 3.15. The van der Waals surface area contributed by atoms with E-state index in [9.17, 15) is 9.59 Å². The van der Waals surface area contributed by atoms with E-state index in [0.717, 1.165) is 10.1 Å². The first kappa shape index (κ1) is 12.4. The van der Waals surface area contributed by atoms with Crippen molar-refractivity contribution in [3.05, 3.63) is 56.8 Å². The second-order valence-corrected chi connectivity index (χ2v) is 4.11. The molecule has 0 aliphatic heterocycles. The van der Waals surface area contributed by atoms with Crippen LogP contribution in [0.5, 0.6) is 0 Å². The molecule has 0 saturated carbocycles. The van der Waals surface area contributed by atoms with E-state index in [1.807, 2.05) is 6.07 Å². The molecule has 0 fully saturated rings. The third kappa shape index (κ3) is 2.43. The standard InChI is InChI=1S/C12H15N3O3/c1-14-10(5-11(16)15(2)12(14)17)7-13-6-9-3-4-18-8-9/h3-5,8,13H,6-7H2,1-2H3. The average Bonchev–Trinajstić information content (AvgIpc) is 2.86. The zero-order valence-electron chi connectivity index (χ0n) is 10.3. The Labute approximate surface area is 103 Å². The molecule has 6 heteroatoms. The molecule has 2 rings (SSSR count). The molecule has 0 radical (unpaired) electrons. The Bertz CT molecular complexity index is 638. The Hall–Kier alpha value is -2.08. The van der Waals surface area contributed by atoms with Crippen molar-refractivity contribution in [2.75, 3.05) is 0 Å². The summed E-state index contributed by atoms with van der Waals surface area (Å²) in [4.78, 5) is 23.2. The molecule has 0 atom stereocenters. The number of nitrogens with one attached hydrogen (secondary N) is 1. The largest absolute Gasteiger partial charge is 0.472 e. The van der Waals surface area contributed by atoms with Crippen LogP contribution in [0.2, 0.25) is 0 Å². The minimum atomic E-state index is -0.317. The van der Waals surface area contributed by atoms with Gasteiger partial charge in [-0.2, -0.15) is 0 Å². The fourth-order valence-electron chi connectivity index (χ4n) is 1.68. The second kappa shape index (κ2) is 5.05. The summed E-state index contributed by atoms with van der Waals surface area (Å²) in [6.07, 6.45) is 3.25. The summed E-state index contributed by atoms with van der Waals surface area (Å²) in [5.74, 6) is 0. The van der Waals surface area contributed by atoms with Crippen LogP contribution in [-0.2, 0) is 27.2 Å². The summed E-state index contributed by atoms with van der Waals surface area (Å²) < 4.78 is 7.49. The predicted octanol–water partition coefficient (Wildman–Crippen LogP) is -0.0332. The first-order chi connectivity index (χ1) is 8.59. The summed E-state index contributed by atoms with van der Waals surface area (Å²) in [5.41, 5.74) is 1.07. The third-order valence-electron chi connectivity index (χ3n) is 2.84. The Morgan fingerprint density at radius 1 is 1.22 bits per heavy atom. The van der Waals surface area contributed by atoms with Crippen LogP contribution in [0.1, 0.15) is 11.3 Å². The topological polar surface area (TPSA) is 69.2 Å². The number of furan rings is 1. The summed E-state index contributed by atoms with van der Waals surface area (Å²) in [6.45, 7) is 1.08. The minimum absolute atomic E-state index is 0.293. The Morgan fingerprint density at radius 2 is 2.00 bits per heavy atom. The van der Waals surface area contributed by atoms with E-state index in [0.29, 0.717) is 18.8 Å². The van der Waals surface area contributed by atoms with Gasteiger partial charge < -0.3 is 9.73 Å². The van der Waals surface area contributed by atoms with Crippen molar-refractivity contribution < 1.29 is 4.42 Å². The van der Waals surface area contributed by atoms with Gasteiger partial charge in [0.1, 0.15) is 0 Å². The van der Waals surface area contributed by atoms with E-state index in [1.54, 1.807) is 19.6 Å². The van der Waals surface area contributed by atoms with Crippen molar-refractivity contribution in [3.63, 3.8) is 0 Å². The predicted molar refractivity (Wildman–Crippen MR) is 66.2 cm³/mol. The number of hydrogen-bond donors (Lipinski definition) is 1. The SMILES string of the molecule is Cn1c(CNCc2ccoc2)cc(=O)n(C)c1=O. The fourth-order valence-corrected chi connectivity index (χ4v) is 1.68. The number of aromatic nitrogens is 2. The van der Waals surface area contributed by atoms with Crippen LogP contribution in [0.15, 0.2) is 38.7 Å². The van der Waals surface area contributed by atoms with Crippen molar-refractivity contribution in [3.8, 4) is 0 Å². The smallest absolute Gasteiger partial charge is 0.330 e. The molecule has 2 aromatic heterocycles. The molecular formula is C12H15N3O3. The molecule has 0 spiro atoms. The van der Waals surface area contributed by atoms with E-state index in [1.165, 1.54) is 17.7 Å². The molecule has 6 nitrogen and oxygen atoms in total. The summed E-state index contributed by atoms with van der Waals surface area (Å²) >= 11 is 0. The molecule has 2 heterocycles. The molecule has 0 unspecified atom stereocenters. The third-order valence-corrected chi connectivity index (χ3v) is 2.84. The molecule has 1 N–H and O–H groups in total. The van der Waals surface area contributed by atoms with Gasteiger partial charge >= 0.3 is 5.69 Å². The number of hydrogen-bond acceptors (Lipinski definition) is 4. The highest BCUT2D eigenvalue weighted by molar-refractivity contribution is 5.06. The molecule has 0 amide bonds. The van der Waals surface area contributed by atoms with Gasteiger partial charge in [-0.25, -0.2) is 4.79 Å². The van der Waals surface area contributed by atoms with Crippen LogP contribution in [0.25, 0.3) is 0 Å². The zero-order valence-corrected chi connectivity index (χ0v) is 10.3. The van der Waals surface area contributed by atoms with Gasteiger partial charge in [0.2, 0.25) is 0 Å². The molecule has 0 aromatic carbocycles. The highest BCUT2D eigenvalue weighted by Gasteiger charge is 2.05. The Morgan fingerprint density at radius 3 is 2.67 bits per heavy atom. The van der Waals surface area contributed by atoms with Gasteiger partial charge in [-0.05, 0) is 6.07 Å². The van der Waals surface area contributed by atoms with E-state index < -0.39 is 0 Å². The maximum absolute atomic E-state index is 11.7. The van der Waals surface area contributed by atoms with Crippen LogP contribution in [0.4, 0.5) is 0 Å². The quantitative estimate of drug-likeness (QED) is 0.826. The Kier molecular flexibility index (Phi) is 3.47. The van der Waals surface area contributed by atoms with Gasteiger partial charge in [-0.3, -0.25) is 13.9 Å². The van der Waals surface area contributed by atoms with Crippen LogP contribution < -0.4 is 16.6 Å². The highest BCUT2D eigenvalue weighted by Crippen LogP contribution is 1.99. The first-order valence-corrected chi connectivity index (χ1v) is 5.57. The molecule has 96 valence electrons. The van der Waals surface area contributed by atoms with Crippen LogP contribution in [0.3, 0.4) is 0 Å². The maximum atomic E-state index is 11.7. The molecule has 0 aliphatic rings. The fraction of sp³-hybridized carbons (Fsp3) is 0.333. The van der Waals surface area contributed by atoms with Gasteiger partial charge in [0.05, 0.1) is 12.5 Å². The highest BCUT2D eigenvalue weighted by atomic mass is 16.3. The lowest BCUT2D eigenvalue weighted by atomic mass is 10.3. The molecule has 0 saturated heterocycles. The van der Waals surface area contributed by atoms with Crippen molar-refractivity contribution in [1.29, 1.82) is 0 Å². The van der Waals surface area contributed by atoms with Gasteiger partial charge in [0.25, 0.3) is 5.56 Å². The van der Waals surface area contributed by atoms with Gasteiger partial charge in [-0.1, -0.05) is 0 Å². The van der Waals surface area contributed by atoms with Crippen molar-refractivity contribution >= 4 is 0 Å². The van der Waals surface area contributed by atoms with Crippen LogP contribution in [-0.4, -0.2) is 9.13 Å². The minimum Gasteiger partial charge on any atom is -0.472 e. The van der Waals surface area contributed by atoms with E-state index in [-0.39, 0.29) is 11.2 Å². The van der Waals surface area contributed by atoms with Gasteiger partial charge in [0.15, 0.2) is 0 Å². The monoisotopic (exact) mass is 249 g/mol. The number of rotatable bonds is 4. The lowest BCUT2D eigenvalue weighted by molar-refractivity contribution is 0.557. The van der Waals surface area contributed by atoms with Crippen molar-refractivity contribution in [2.24, 2.45) is 14.1 Å². The lowest BCUT2D eigenvalue weighted by Gasteiger charge is -2.09. The zero-order chi connectivity index (χ0) is 13.1. The second-order valence-electron chi connectivity index (χ2n) is 4.11. The molecule has 0 aliphatic carbocycles. The average molecular weight is 249 g/mol. The molecular weight excluding hydrogens is 234 g/mol. The normalized spacial score (nSPS) is 10.8. The van der Waals surface area contributed by atoms with Gasteiger partial charge in [0, 0.05) is 44.5 Å². The van der Waals surface area contributed by atoms with E-state index >= 15 is 0 Å². The lowest BCUT2D eigenvalue weighted by Crippen LogP contribution is -2.38.